The average Bonchev–Trinajstić information content (AvgIpc) is 2.37. The van der Waals surface area contributed by atoms with E-state index in [1.165, 1.54) is 17.0 Å². The summed E-state index contributed by atoms with van der Waals surface area (Å²) in [6.45, 7) is 3.39. The maximum absolute atomic E-state index is 8.98. The molecular weight excluding hydrogens is 116 g/mol. The Morgan fingerprint density at radius 2 is 2.67 bits per heavy atom. The van der Waals surface area contributed by atoms with E-state index in [4.69, 9.17) is 5.11 Å². The first-order valence-corrected chi connectivity index (χ1v) is 2.55. The molecule has 1 atom stereocenters. The lowest BCUT2D eigenvalue weighted by Crippen LogP contribution is -2.04. The molecular formula is C6H7N2O. The van der Waals surface area contributed by atoms with E-state index in [0.717, 1.165) is 0 Å². The van der Waals surface area contributed by atoms with Crippen LogP contribution in [-0.2, 0) is 0 Å². The zero-order valence-corrected chi connectivity index (χ0v) is 4.86. The van der Waals surface area contributed by atoms with Crippen LogP contribution in [0, 0.1) is 6.07 Å². The van der Waals surface area contributed by atoms with Crippen LogP contribution < -0.4 is 0 Å². The average molecular weight is 123 g/mol. The standard InChI is InChI=1S/C6H7N2O/c1-2-6(9)8-5-3-4-7-8/h2,4-6,9H,1H2. The van der Waals surface area contributed by atoms with Crippen LogP contribution in [0.1, 0.15) is 6.23 Å². The Bertz CT molecular complexity index is 181. The lowest BCUT2D eigenvalue weighted by atomic mass is 10.5. The number of aromatic nitrogens is 2. The van der Waals surface area contributed by atoms with Crippen LogP contribution in [0.3, 0.4) is 0 Å². The van der Waals surface area contributed by atoms with E-state index in [-0.39, 0.29) is 0 Å². The van der Waals surface area contributed by atoms with Gasteiger partial charge in [-0.2, -0.15) is 5.10 Å². The molecule has 9 heavy (non-hydrogen) atoms. The van der Waals surface area contributed by atoms with Gasteiger partial charge in [0.05, 0.1) is 6.20 Å². The van der Waals surface area contributed by atoms with Gasteiger partial charge in [-0.05, 0) is 6.08 Å². The Hall–Kier alpha value is -1.09. The molecule has 0 amide bonds. The molecule has 0 spiro atoms. The van der Waals surface area contributed by atoms with Gasteiger partial charge in [0, 0.05) is 12.3 Å². The lowest BCUT2D eigenvalue weighted by Gasteiger charge is -2.02. The lowest BCUT2D eigenvalue weighted by molar-refractivity contribution is 0.140. The summed E-state index contributed by atoms with van der Waals surface area (Å²) in [6.07, 6.45) is 3.69. The molecule has 1 radical (unpaired) electrons. The Balaban J connectivity index is 2.76. The molecule has 1 aromatic heterocycles. The second kappa shape index (κ2) is 2.46. The van der Waals surface area contributed by atoms with Crippen molar-refractivity contribution in [2.45, 2.75) is 6.23 Å². The molecule has 0 saturated heterocycles. The molecule has 1 aromatic rings. The van der Waals surface area contributed by atoms with Crippen molar-refractivity contribution in [3.05, 3.63) is 31.1 Å². The van der Waals surface area contributed by atoms with Gasteiger partial charge in [0.2, 0.25) is 0 Å². The first kappa shape index (κ1) is 6.04. The van der Waals surface area contributed by atoms with Gasteiger partial charge in [-0.15, -0.1) is 0 Å². The van der Waals surface area contributed by atoms with Gasteiger partial charge in [-0.1, -0.05) is 6.58 Å². The third-order valence-corrected chi connectivity index (χ3v) is 0.954. The van der Waals surface area contributed by atoms with Crippen LogP contribution in [0.25, 0.3) is 0 Å². The number of aliphatic hydroxyl groups is 1. The highest BCUT2D eigenvalue weighted by Crippen LogP contribution is 1.97. The summed E-state index contributed by atoms with van der Waals surface area (Å²) in [4.78, 5) is 0. The second-order valence-electron chi connectivity index (χ2n) is 1.57. The normalized spacial score (nSPS) is 13.0. The largest absolute Gasteiger partial charge is 0.368 e. The van der Waals surface area contributed by atoms with Gasteiger partial charge in [0.25, 0.3) is 0 Å². The third kappa shape index (κ3) is 1.17. The topological polar surface area (TPSA) is 38.0 Å². The second-order valence-corrected chi connectivity index (χ2v) is 1.57. The van der Waals surface area contributed by atoms with E-state index in [9.17, 15) is 0 Å². The minimum atomic E-state index is -0.726. The summed E-state index contributed by atoms with van der Waals surface area (Å²) in [6, 6.07) is 2.69. The zero-order valence-electron chi connectivity index (χ0n) is 4.86. The summed E-state index contributed by atoms with van der Waals surface area (Å²) in [5.41, 5.74) is 0. The molecule has 47 valence electrons. The molecule has 0 aliphatic carbocycles. The van der Waals surface area contributed by atoms with E-state index < -0.39 is 6.23 Å². The molecule has 0 aliphatic heterocycles. The van der Waals surface area contributed by atoms with Crippen LogP contribution >= 0.6 is 0 Å². The van der Waals surface area contributed by atoms with Crippen molar-refractivity contribution in [2.75, 3.05) is 0 Å². The molecule has 1 N–H and O–H groups in total. The molecule has 1 unspecified atom stereocenters. The van der Waals surface area contributed by atoms with E-state index >= 15 is 0 Å². The smallest absolute Gasteiger partial charge is 0.165 e. The number of hydrogen-bond donors (Lipinski definition) is 1. The highest BCUT2D eigenvalue weighted by molar-refractivity contribution is 4.82. The van der Waals surface area contributed by atoms with Gasteiger partial charge in [0.15, 0.2) is 6.23 Å². The van der Waals surface area contributed by atoms with Crippen molar-refractivity contribution in [2.24, 2.45) is 0 Å². The summed E-state index contributed by atoms with van der Waals surface area (Å²) in [7, 11) is 0. The fraction of sp³-hybridized carbons (Fsp3) is 0.167. The van der Waals surface area contributed by atoms with Gasteiger partial charge in [0.1, 0.15) is 0 Å². The first-order chi connectivity index (χ1) is 4.34. The maximum atomic E-state index is 8.98. The predicted molar refractivity (Wildman–Crippen MR) is 32.5 cm³/mol. The Kier molecular flexibility index (Phi) is 1.65. The summed E-state index contributed by atoms with van der Waals surface area (Å²) in [5.74, 6) is 0. The van der Waals surface area contributed by atoms with Gasteiger partial charge >= 0.3 is 0 Å². The monoisotopic (exact) mass is 123 g/mol. The van der Waals surface area contributed by atoms with Crippen LogP contribution in [0.2, 0.25) is 0 Å². The van der Waals surface area contributed by atoms with Crippen LogP contribution in [0.15, 0.2) is 25.0 Å². The van der Waals surface area contributed by atoms with Crippen molar-refractivity contribution in [1.29, 1.82) is 0 Å². The van der Waals surface area contributed by atoms with Gasteiger partial charge in [-0.3, -0.25) is 0 Å². The van der Waals surface area contributed by atoms with Crippen molar-refractivity contribution in [1.82, 2.24) is 9.78 Å². The van der Waals surface area contributed by atoms with E-state index in [2.05, 4.69) is 17.7 Å². The number of hydrogen-bond acceptors (Lipinski definition) is 2. The molecule has 1 heterocycles. The molecule has 0 bridgehead atoms. The SMILES string of the molecule is C=CC(O)n1c[c]cn1. The Labute approximate surface area is 53.2 Å². The molecule has 1 rings (SSSR count). The third-order valence-electron chi connectivity index (χ3n) is 0.954. The van der Waals surface area contributed by atoms with Crippen molar-refractivity contribution in [3.63, 3.8) is 0 Å². The Morgan fingerprint density at radius 3 is 3.11 bits per heavy atom. The number of rotatable bonds is 2. The fourth-order valence-corrected chi connectivity index (χ4v) is 0.496. The summed E-state index contributed by atoms with van der Waals surface area (Å²) >= 11 is 0. The molecule has 3 nitrogen and oxygen atoms in total. The first-order valence-electron chi connectivity index (χ1n) is 2.55. The van der Waals surface area contributed by atoms with Crippen LogP contribution in [0.4, 0.5) is 0 Å². The molecule has 3 heteroatoms. The molecule has 0 aliphatic rings. The van der Waals surface area contributed by atoms with E-state index in [0.29, 0.717) is 0 Å². The molecule has 0 saturated carbocycles. The van der Waals surface area contributed by atoms with Crippen LogP contribution in [0.5, 0.6) is 0 Å². The number of nitrogens with zero attached hydrogens (tertiary/aromatic N) is 2. The predicted octanol–water partition coefficient (Wildman–Crippen LogP) is 0.360. The highest BCUT2D eigenvalue weighted by Gasteiger charge is 1.96. The summed E-state index contributed by atoms with van der Waals surface area (Å²) in [5, 5.41) is 12.7. The van der Waals surface area contributed by atoms with Crippen LogP contribution in [-0.4, -0.2) is 14.9 Å². The number of aliphatic hydroxyl groups excluding tert-OH is 1. The maximum Gasteiger partial charge on any atom is 0.165 e. The van der Waals surface area contributed by atoms with E-state index in [1.807, 2.05) is 0 Å². The quantitative estimate of drug-likeness (QED) is 0.576. The molecule has 0 fully saturated rings. The van der Waals surface area contributed by atoms with Gasteiger partial charge < -0.3 is 5.11 Å². The van der Waals surface area contributed by atoms with Crippen molar-refractivity contribution in [3.8, 4) is 0 Å². The Morgan fingerprint density at radius 1 is 1.89 bits per heavy atom. The van der Waals surface area contributed by atoms with Crippen molar-refractivity contribution < 1.29 is 5.11 Å². The summed E-state index contributed by atoms with van der Waals surface area (Å²) < 4.78 is 1.35. The van der Waals surface area contributed by atoms with Gasteiger partial charge in [-0.25, -0.2) is 4.68 Å². The highest BCUT2D eigenvalue weighted by atomic mass is 16.3. The zero-order chi connectivity index (χ0) is 6.69. The minimum absolute atomic E-state index is 0.726. The minimum Gasteiger partial charge on any atom is -0.368 e. The molecule has 0 aromatic carbocycles. The van der Waals surface area contributed by atoms with Crippen molar-refractivity contribution >= 4 is 0 Å². The fourth-order valence-electron chi connectivity index (χ4n) is 0.496. The van der Waals surface area contributed by atoms with E-state index in [1.54, 1.807) is 6.20 Å².